The number of aromatic nitrogens is 1. The molecule has 0 saturated heterocycles. The third-order valence-electron chi connectivity index (χ3n) is 2.93. The molecule has 1 aromatic heterocycles. The van der Waals surface area contributed by atoms with Crippen LogP contribution < -0.4 is 10.6 Å². The summed E-state index contributed by atoms with van der Waals surface area (Å²) in [5, 5.41) is 6.31. The highest BCUT2D eigenvalue weighted by Gasteiger charge is 2.12. The Bertz CT molecular complexity index is 635. The van der Waals surface area contributed by atoms with Gasteiger partial charge in [-0.1, -0.05) is 23.7 Å². The van der Waals surface area contributed by atoms with Gasteiger partial charge in [-0.25, -0.2) is 4.98 Å². The van der Waals surface area contributed by atoms with Crippen LogP contribution in [-0.4, -0.2) is 17.9 Å². The molecule has 0 atom stereocenters. The first kappa shape index (κ1) is 14.3. The molecule has 1 heterocycles. The molecule has 0 aliphatic carbocycles. The van der Waals surface area contributed by atoms with Gasteiger partial charge < -0.3 is 10.6 Å². The Balaban J connectivity index is 2.31. The largest absolute Gasteiger partial charge is 0.373 e. The fourth-order valence-corrected chi connectivity index (χ4v) is 2.17. The van der Waals surface area contributed by atoms with E-state index in [1.807, 2.05) is 26.0 Å². The lowest BCUT2D eigenvalue weighted by molar-refractivity contribution is 0.102. The number of carbonyl (C=O) groups excluding carboxylic acids is 1. The van der Waals surface area contributed by atoms with Crippen LogP contribution in [0.2, 0.25) is 5.02 Å². The van der Waals surface area contributed by atoms with Gasteiger partial charge in [0.2, 0.25) is 0 Å². The molecule has 0 fully saturated rings. The third-order valence-corrected chi connectivity index (χ3v) is 3.25. The molecule has 0 bridgehead atoms. The summed E-state index contributed by atoms with van der Waals surface area (Å²) in [7, 11) is 1.77. The molecule has 2 N–H and O–H groups in total. The van der Waals surface area contributed by atoms with Crippen molar-refractivity contribution in [1.29, 1.82) is 0 Å². The monoisotopic (exact) mass is 289 g/mol. The zero-order chi connectivity index (χ0) is 14.7. The van der Waals surface area contributed by atoms with Crippen LogP contribution in [0.3, 0.4) is 0 Å². The normalized spacial score (nSPS) is 10.2. The molecule has 2 rings (SSSR count). The van der Waals surface area contributed by atoms with Crippen LogP contribution >= 0.6 is 11.6 Å². The number of nitrogens with one attached hydrogen (secondary N) is 2. The summed E-state index contributed by atoms with van der Waals surface area (Å²) >= 11 is 6.11. The second-order valence-electron chi connectivity index (χ2n) is 4.52. The summed E-state index contributed by atoms with van der Waals surface area (Å²) in [5.74, 6) is 0.453. The van der Waals surface area contributed by atoms with Gasteiger partial charge in [-0.3, -0.25) is 4.79 Å². The van der Waals surface area contributed by atoms with Crippen molar-refractivity contribution < 1.29 is 4.79 Å². The van der Waals surface area contributed by atoms with E-state index in [0.717, 1.165) is 11.3 Å². The lowest BCUT2D eigenvalue weighted by atomic mass is 10.1. The highest BCUT2D eigenvalue weighted by molar-refractivity contribution is 6.34. The van der Waals surface area contributed by atoms with Crippen LogP contribution in [0, 0.1) is 13.8 Å². The van der Waals surface area contributed by atoms with Crippen molar-refractivity contribution in [2.24, 2.45) is 0 Å². The van der Waals surface area contributed by atoms with E-state index in [4.69, 9.17) is 11.6 Å². The van der Waals surface area contributed by atoms with E-state index in [0.29, 0.717) is 22.1 Å². The predicted octanol–water partition coefficient (Wildman–Crippen LogP) is 3.65. The maximum absolute atomic E-state index is 12.3. The molecule has 0 saturated carbocycles. The number of aryl methyl sites for hydroxylation is 2. The average Bonchev–Trinajstić information content (AvgIpc) is 2.42. The number of pyridine rings is 1. The quantitative estimate of drug-likeness (QED) is 0.907. The number of nitrogens with zero attached hydrogens (tertiary/aromatic N) is 1. The zero-order valence-electron chi connectivity index (χ0n) is 11.6. The summed E-state index contributed by atoms with van der Waals surface area (Å²) in [5.41, 5.74) is 2.88. The minimum Gasteiger partial charge on any atom is -0.373 e. The molecule has 0 unspecified atom stereocenters. The van der Waals surface area contributed by atoms with Gasteiger partial charge in [-0.15, -0.1) is 0 Å². The van der Waals surface area contributed by atoms with E-state index in [1.165, 1.54) is 0 Å². The fraction of sp³-hybridized carbons (Fsp3) is 0.200. The van der Waals surface area contributed by atoms with Crippen LogP contribution in [-0.2, 0) is 0 Å². The predicted molar refractivity (Wildman–Crippen MR) is 82.7 cm³/mol. The van der Waals surface area contributed by atoms with Crippen molar-refractivity contribution in [2.75, 3.05) is 17.7 Å². The van der Waals surface area contributed by atoms with E-state index in [2.05, 4.69) is 15.6 Å². The van der Waals surface area contributed by atoms with Gasteiger partial charge in [-0.05, 0) is 37.6 Å². The first-order valence-electron chi connectivity index (χ1n) is 6.24. The Morgan fingerprint density at radius 3 is 2.65 bits per heavy atom. The Hall–Kier alpha value is -2.07. The first-order chi connectivity index (χ1) is 9.51. The second-order valence-corrected chi connectivity index (χ2v) is 4.93. The van der Waals surface area contributed by atoms with Gasteiger partial charge >= 0.3 is 0 Å². The van der Waals surface area contributed by atoms with Crippen LogP contribution in [0.25, 0.3) is 0 Å². The van der Waals surface area contributed by atoms with E-state index in [-0.39, 0.29) is 5.91 Å². The minimum absolute atomic E-state index is 0.205. The van der Waals surface area contributed by atoms with Crippen molar-refractivity contribution in [1.82, 2.24) is 4.98 Å². The topological polar surface area (TPSA) is 54.0 Å². The van der Waals surface area contributed by atoms with Gasteiger partial charge in [-0.2, -0.15) is 0 Å². The van der Waals surface area contributed by atoms with E-state index < -0.39 is 0 Å². The molecule has 0 aliphatic heterocycles. The summed E-state index contributed by atoms with van der Waals surface area (Å²) in [6, 6.07) is 8.94. The number of benzene rings is 1. The molecule has 104 valence electrons. The van der Waals surface area contributed by atoms with Crippen LogP contribution in [0.4, 0.5) is 11.5 Å². The number of anilines is 2. The molecular weight excluding hydrogens is 274 g/mol. The standard InChI is InChI=1S/C15H16ClN3O/c1-9-5-4-6-12(16)14(9)19-15(20)11-7-10(2)18-13(8-11)17-3/h4-8H,1-3H3,(H,17,18)(H,19,20). The second kappa shape index (κ2) is 5.92. The Labute approximate surface area is 123 Å². The average molecular weight is 290 g/mol. The number of halogens is 1. The van der Waals surface area contributed by atoms with Crippen LogP contribution in [0.1, 0.15) is 21.6 Å². The number of hydrogen-bond acceptors (Lipinski definition) is 3. The minimum atomic E-state index is -0.205. The zero-order valence-corrected chi connectivity index (χ0v) is 12.4. The molecule has 4 nitrogen and oxygen atoms in total. The molecule has 0 radical (unpaired) electrons. The summed E-state index contributed by atoms with van der Waals surface area (Å²) in [6.07, 6.45) is 0. The van der Waals surface area contributed by atoms with Crippen molar-refractivity contribution in [3.63, 3.8) is 0 Å². The van der Waals surface area contributed by atoms with Crippen LogP contribution in [0.5, 0.6) is 0 Å². The Kier molecular flexibility index (Phi) is 4.25. The number of carbonyl (C=O) groups is 1. The summed E-state index contributed by atoms with van der Waals surface area (Å²) in [4.78, 5) is 16.6. The smallest absolute Gasteiger partial charge is 0.255 e. The first-order valence-corrected chi connectivity index (χ1v) is 6.62. The lowest BCUT2D eigenvalue weighted by Crippen LogP contribution is -2.14. The number of hydrogen-bond donors (Lipinski definition) is 2. The van der Waals surface area contributed by atoms with Crippen LogP contribution in [0.15, 0.2) is 30.3 Å². The lowest BCUT2D eigenvalue weighted by Gasteiger charge is -2.11. The van der Waals surface area contributed by atoms with Gasteiger partial charge in [0.25, 0.3) is 5.91 Å². The summed E-state index contributed by atoms with van der Waals surface area (Å²) < 4.78 is 0. The van der Waals surface area contributed by atoms with Crippen molar-refractivity contribution in [3.8, 4) is 0 Å². The number of amides is 1. The van der Waals surface area contributed by atoms with Crippen molar-refractivity contribution >= 4 is 29.0 Å². The molecule has 0 aliphatic rings. The van der Waals surface area contributed by atoms with Gasteiger partial charge in [0.1, 0.15) is 5.82 Å². The highest BCUT2D eigenvalue weighted by atomic mass is 35.5. The Morgan fingerprint density at radius 2 is 2.00 bits per heavy atom. The maximum Gasteiger partial charge on any atom is 0.255 e. The molecular formula is C15H16ClN3O. The molecule has 0 spiro atoms. The molecule has 20 heavy (non-hydrogen) atoms. The van der Waals surface area contributed by atoms with Gasteiger partial charge in [0.05, 0.1) is 10.7 Å². The SMILES string of the molecule is CNc1cc(C(=O)Nc2c(C)cccc2Cl)cc(C)n1. The van der Waals surface area contributed by atoms with Gasteiger partial charge in [0, 0.05) is 18.3 Å². The molecule has 1 amide bonds. The van der Waals surface area contributed by atoms with Crippen molar-refractivity contribution in [3.05, 3.63) is 52.2 Å². The molecule has 1 aromatic carbocycles. The number of rotatable bonds is 3. The van der Waals surface area contributed by atoms with Crippen molar-refractivity contribution in [2.45, 2.75) is 13.8 Å². The molecule has 2 aromatic rings. The van der Waals surface area contributed by atoms with E-state index in [1.54, 1.807) is 25.2 Å². The van der Waals surface area contributed by atoms with Gasteiger partial charge in [0.15, 0.2) is 0 Å². The maximum atomic E-state index is 12.3. The summed E-state index contributed by atoms with van der Waals surface area (Å²) in [6.45, 7) is 3.75. The van der Waals surface area contributed by atoms with E-state index in [9.17, 15) is 4.79 Å². The molecule has 5 heteroatoms. The van der Waals surface area contributed by atoms with E-state index >= 15 is 0 Å². The third kappa shape index (κ3) is 3.08. The Morgan fingerprint density at radius 1 is 1.25 bits per heavy atom. The number of para-hydroxylation sites is 1. The highest BCUT2D eigenvalue weighted by Crippen LogP contribution is 2.26. The fourth-order valence-electron chi connectivity index (χ4n) is 1.90.